The summed E-state index contributed by atoms with van der Waals surface area (Å²) in [5.41, 5.74) is 5.31. The number of unbranched alkanes of at least 4 members (excludes halogenated alkanes) is 1. The van der Waals surface area contributed by atoms with Gasteiger partial charge in [-0.3, -0.25) is 4.90 Å². The predicted octanol–water partition coefficient (Wildman–Crippen LogP) is 2.82. The van der Waals surface area contributed by atoms with Crippen LogP contribution in [0.15, 0.2) is 5.16 Å². The topological polar surface area (TPSA) is 71.1 Å². The van der Waals surface area contributed by atoms with Gasteiger partial charge in [0.15, 0.2) is 0 Å². The number of nitrogens with zero attached hydrogens (tertiary/aromatic N) is 2. The van der Waals surface area contributed by atoms with Crippen LogP contribution in [0.5, 0.6) is 0 Å². The molecule has 0 atom stereocenters. The number of morpholine rings is 1. The SMILES string of the molecule is CC1(C)CN(CCCCC(C)(C)C(N)=NO)CC(C)(C)O1. The largest absolute Gasteiger partial charge is 0.409 e. The summed E-state index contributed by atoms with van der Waals surface area (Å²) in [7, 11) is 0. The summed E-state index contributed by atoms with van der Waals surface area (Å²) >= 11 is 0. The van der Waals surface area contributed by atoms with Crippen molar-refractivity contribution in [3.05, 3.63) is 0 Å². The molecule has 0 aromatic heterocycles. The van der Waals surface area contributed by atoms with Gasteiger partial charge in [0.25, 0.3) is 0 Å². The zero-order valence-corrected chi connectivity index (χ0v) is 14.6. The van der Waals surface area contributed by atoms with Crippen LogP contribution in [0.1, 0.15) is 60.8 Å². The van der Waals surface area contributed by atoms with Crippen LogP contribution in [-0.2, 0) is 4.74 Å². The Morgan fingerprint density at radius 3 is 2.19 bits per heavy atom. The second-order valence-electron chi connectivity index (χ2n) is 8.16. The molecule has 5 heteroatoms. The van der Waals surface area contributed by atoms with Crippen molar-refractivity contribution >= 4 is 5.84 Å². The first-order valence-corrected chi connectivity index (χ1v) is 7.88. The van der Waals surface area contributed by atoms with Crippen molar-refractivity contribution < 1.29 is 9.94 Å². The van der Waals surface area contributed by atoms with Crippen molar-refractivity contribution in [3.63, 3.8) is 0 Å². The molecule has 5 nitrogen and oxygen atoms in total. The van der Waals surface area contributed by atoms with E-state index in [1.165, 1.54) is 0 Å². The lowest BCUT2D eigenvalue weighted by Crippen LogP contribution is -2.57. The Morgan fingerprint density at radius 1 is 1.19 bits per heavy atom. The average Bonchev–Trinajstić information content (AvgIpc) is 2.29. The fraction of sp³-hybridized carbons (Fsp3) is 0.938. The fourth-order valence-corrected chi connectivity index (χ4v) is 3.27. The highest BCUT2D eigenvalue weighted by Gasteiger charge is 2.37. The first-order valence-electron chi connectivity index (χ1n) is 7.88. The van der Waals surface area contributed by atoms with Crippen LogP contribution in [-0.4, -0.2) is 46.8 Å². The van der Waals surface area contributed by atoms with Gasteiger partial charge in [-0.25, -0.2) is 0 Å². The molecule has 0 bridgehead atoms. The molecule has 0 aromatic rings. The number of hydrogen-bond acceptors (Lipinski definition) is 4. The highest BCUT2D eigenvalue weighted by molar-refractivity contribution is 5.85. The number of amidine groups is 1. The normalized spacial score (nSPS) is 23.2. The third kappa shape index (κ3) is 5.83. The Bertz CT molecular complexity index is 360. The van der Waals surface area contributed by atoms with Gasteiger partial charge in [-0.1, -0.05) is 25.4 Å². The Balaban J connectivity index is 2.39. The molecule has 3 N–H and O–H groups in total. The summed E-state index contributed by atoms with van der Waals surface area (Å²) in [5, 5.41) is 11.9. The summed E-state index contributed by atoms with van der Waals surface area (Å²) in [5.74, 6) is 0.316. The maximum absolute atomic E-state index is 8.79. The van der Waals surface area contributed by atoms with Gasteiger partial charge in [0.05, 0.1) is 11.2 Å². The second kappa shape index (κ2) is 6.53. The van der Waals surface area contributed by atoms with E-state index in [0.717, 1.165) is 38.9 Å². The first kappa shape index (κ1) is 18.2. The molecule has 0 radical (unpaired) electrons. The average molecular weight is 299 g/mol. The smallest absolute Gasteiger partial charge is 0.144 e. The molecule has 0 spiro atoms. The highest BCUT2D eigenvalue weighted by Crippen LogP contribution is 2.29. The van der Waals surface area contributed by atoms with Gasteiger partial charge in [-0.15, -0.1) is 0 Å². The summed E-state index contributed by atoms with van der Waals surface area (Å²) in [6, 6.07) is 0. The van der Waals surface area contributed by atoms with Crippen LogP contribution < -0.4 is 5.73 Å². The standard InChI is InChI=1S/C16H33N3O2/c1-14(2,13(17)18-20)9-7-8-10-19-11-15(3,4)21-16(5,6)12-19/h20H,7-12H2,1-6H3,(H2,17,18). The Kier molecular flexibility index (Phi) is 5.67. The second-order valence-corrected chi connectivity index (χ2v) is 8.16. The van der Waals surface area contributed by atoms with Crippen LogP contribution in [0.3, 0.4) is 0 Å². The van der Waals surface area contributed by atoms with Crippen molar-refractivity contribution in [2.24, 2.45) is 16.3 Å². The van der Waals surface area contributed by atoms with E-state index in [2.05, 4.69) is 37.8 Å². The quantitative estimate of drug-likeness (QED) is 0.260. The van der Waals surface area contributed by atoms with Crippen molar-refractivity contribution in [2.75, 3.05) is 19.6 Å². The van der Waals surface area contributed by atoms with E-state index in [0.29, 0.717) is 5.84 Å². The lowest BCUT2D eigenvalue weighted by atomic mass is 9.86. The van der Waals surface area contributed by atoms with Crippen molar-refractivity contribution in [3.8, 4) is 0 Å². The number of nitrogens with two attached hydrogens (primary N) is 1. The monoisotopic (exact) mass is 299 g/mol. The van der Waals surface area contributed by atoms with Gasteiger partial charge in [0.2, 0.25) is 0 Å². The van der Waals surface area contributed by atoms with E-state index in [-0.39, 0.29) is 16.6 Å². The minimum absolute atomic E-state index is 0.0883. The van der Waals surface area contributed by atoms with Crippen molar-refractivity contribution in [1.82, 2.24) is 4.90 Å². The lowest BCUT2D eigenvalue weighted by Gasteiger charge is -2.47. The van der Waals surface area contributed by atoms with Gasteiger partial charge in [0, 0.05) is 18.5 Å². The van der Waals surface area contributed by atoms with Gasteiger partial charge in [-0.2, -0.15) is 0 Å². The minimum atomic E-state index is -0.238. The molecule has 1 aliphatic rings. The van der Waals surface area contributed by atoms with Gasteiger partial charge >= 0.3 is 0 Å². The van der Waals surface area contributed by atoms with E-state index >= 15 is 0 Å². The molecular weight excluding hydrogens is 266 g/mol. The van der Waals surface area contributed by atoms with Gasteiger partial charge < -0.3 is 15.7 Å². The third-order valence-electron chi connectivity index (χ3n) is 4.09. The van der Waals surface area contributed by atoms with E-state index in [1.807, 2.05) is 13.8 Å². The van der Waals surface area contributed by atoms with E-state index < -0.39 is 0 Å². The number of ether oxygens (including phenoxy) is 1. The molecule has 1 aliphatic heterocycles. The Morgan fingerprint density at radius 2 is 1.71 bits per heavy atom. The summed E-state index contributed by atoms with van der Waals surface area (Å²) in [6.07, 6.45) is 3.12. The summed E-state index contributed by atoms with van der Waals surface area (Å²) < 4.78 is 6.10. The minimum Gasteiger partial charge on any atom is -0.409 e. The molecule has 1 saturated heterocycles. The molecule has 0 amide bonds. The van der Waals surface area contributed by atoms with E-state index in [9.17, 15) is 0 Å². The Labute approximate surface area is 129 Å². The van der Waals surface area contributed by atoms with Crippen molar-refractivity contribution in [1.29, 1.82) is 0 Å². The fourth-order valence-electron chi connectivity index (χ4n) is 3.27. The molecule has 1 rings (SSSR count). The summed E-state index contributed by atoms with van der Waals surface area (Å²) in [6.45, 7) is 15.7. The predicted molar refractivity (Wildman–Crippen MR) is 86.7 cm³/mol. The lowest BCUT2D eigenvalue weighted by molar-refractivity contribution is -0.180. The Hall–Kier alpha value is -0.810. The van der Waals surface area contributed by atoms with E-state index in [4.69, 9.17) is 15.7 Å². The van der Waals surface area contributed by atoms with E-state index in [1.54, 1.807) is 0 Å². The third-order valence-corrected chi connectivity index (χ3v) is 4.09. The molecule has 1 heterocycles. The first-order chi connectivity index (χ1) is 9.47. The van der Waals surface area contributed by atoms with Gasteiger partial charge in [0.1, 0.15) is 5.84 Å². The molecule has 0 aromatic carbocycles. The van der Waals surface area contributed by atoms with Gasteiger partial charge in [-0.05, 0) is 47.1 Å². The molecule has 0 aliphatic carbocycles. The number of oxime groups is 1. The summed E-state index contributed by atoms with van der Waals surface area (Å²) in [4.78, 5) is 2.49. The molecule has 21 heavy (non-hydrogen) atoms. The van der Waals surface area contributed by atoms with Crippen LogP contribution in [0.2, 0.25) is 0 Å². The molecule has 124 valence electrons. The molecule has 1 fully saturated rings. The van der Waals surface area contributed by atoms with Crippen LogP contribution >= 0.6 is 0 Å². The molecule has 0 saturated carbocycles. The molecular formula is C16H33N3O2. The number of rotatable bonds is 6. The number of hydrogen-bond donors (Lipinski definition) is 2. The zero-order chi connectivity index (χ0) is 16.3. The molecule has 0 unspecified atom stereocenters. The zero-order valence-electron chi connectivity index (χ0n) is 14.6. The maximum Gasteiger partial charge on any atom is 0.144 e. The maximum atomic E-state index is 8.79. The van der Waals surface area contributed by atoms with Crippen LogP contribution in [0.25, 0.3) is 0 Å². The highest BCUT2D eigenvalue weighted by atomic mass is 16.5. The van der Waals surface area contributed by atoms with Crippen LogP contribution in [0, 0.1) is 5.41 Å². The van der Waals surface area contributed by atoms with Crippen molar-refractivity contribution in [2.45, 2.75) is 72.0 Å². The van der Waals surface area contributed by atoms with Crippen LogP contribution in [0.4, 0.5) is 0 Å².